The molecule has 4 rings (SSSR count). The zero-order valence-corrected chi connectivity index (χ0v) is 32.4. The van der Waals surface area contributed by atoms with Gasteiger partial charge in [-0.05, 0) is 137 Å². The van der Waals surface area contributed by atoms with Crippen LogP contribution in [0.2, 0.25) is 0 Å². The van der Waals surface area contributed by atoms with E-state index in [2.05, 4.69) is 47.6 Å². The van der Waals surface area contributed by atoms with Gasteiger partial charge >= 0.3 is 5.97 Å². The number of esters is 1. The van der Waals surface area contributed by atoms with Crippen molar-refractivity contribution in [2.75, 3.05) is 13.1 Å². The maximum absolute atomic E-state index is 13.0. The molecule has 11 atom stereocenters. The van der Waals surface area contributed by atoms with E-state index < -0.39 is 0 Å². The number of fused-ring (bicyclic) bond motifs is 5. The molecule has 4 N–H and O–H groups in total. The fraction of sp³-hybridized carbons (Fsp3) is 0.905. The summed E-state index contributed by atoms with van der Waals surface area (Å²) in [4.78, 5) is 27.8. The van der Waals surface area contributed by atoms with Gasteiger partial charge in [0.05, 0.1) is 0 Å². The molecule has 276 valence electrons. The van der Waals surface area contributed by atoms with Gasteiger partial charge in [-0.25, -0.2) is 0 Å². The van der Waals surface area contributed by atoms with Crippen LogP contribution in [0, 0.1) is 52.3 Å². The Morgan fingerprint density at radius 1 is 0.896 bits per heavy atom. The van der Waals surface area contributed by atoms with Gasteiger partial charge in [0, 0.05) is 44.4 Å². The largest absolute Gasteiger partial charge is 0.462 e. The SMILES string of the molecule is CCC(CCC(C)[C@H]1CC[C@H]2[C@@H]3CC=C4C[C@@H](OC(=O)CCCC(=O)N(CCC(C)N)CCC(C)N)CC[C@]4(C)[C@H]3CC[C@]12C)C(C)C. The molecule has 0 heterocycles. The number of amides is 1. The number of nitrogens with zero attached hydrogens (tertiary/aromatic N) is 1. The Labute approximate surface area is 295 Å². The molecule has 3 fully saturated rings. The number of ether oxygens (including phenoxy) is 1. The lowest BCUT2D eigenvalue weighted by molar-refractivity contribution is -0.151. The molecule has 48 heavy (non-hydrogen) atoms. The maximum Gasteiger partial charge on any atom is 0.306 e. The summed E-state index contributed by atoms with van der Waals surface area (Å²) in [7, 11) is 0. The number of hydrogen-bond acceptors (Lipinski definition) is 5. The molecule has 6 heteroatoms. The van der Waals surface area contributed by atoms with Crippen LogP contribution in [0.25, 0.3) is 0 Å². The van der Waals surface area contributed by atoms with Gasteiger partial charge in [-0.1, -0.05) is 66.0 Å². The average Bonchev–Trinajstić information content (AvgIpc) is 3.38. The smallest absolute Gasteiger partial charge is 0.306 e. The van der Waals surface area contributed by atoms with Crippen LogP contribution in [0.1, 0.15) is 158 Å². The van der Waals surface area contributed by atoms with E-state index in [0.29, 0.717) is 37.8 Å². The topological polar surface area (TPSA) is 98.7 Å². The van der Waals surface area contributed by atoms with Crippen LogP contribution >= 0.6 is 0 Å². The van der Waals surface area contributed by atoms with Crippen molar-refractivity contribution in [1.82, 2.24) is 4.90 Å². The van der Waals surface area contributed by atoms with Crippen molar-refractivity contribution in [2.24, 2.45) is 63.7 Å². The fourth-order valence-corrected chi connectivity index (χ4v) is 11.3. The van der Waals surface area contributed by atoms with Crippen molar-refractivity contribution < 1.29 is 14.3 Å². The predicted octanol–water partition coefficient (Wildman–Crippen LogP) is 9.05. The van der Waals surface area contributed by atoms with Crippen LogP contribution in [0.15, 0.2) is 11.6 Å². The summed E-state index contributed by atoms with van der Waals surface area (Å²) in [6.45, 7) is 20.2. The lowest BCUT2D eigenvalue weighted by Gasteiger charge is -2.58. The third-order valence-electron chi connectivity index (χ3n) is 14.4. The Morgan fingerprint density at radius 3 is 2.21 bits per heavy atom. The van der Waals surface area contributed by atoms with Gasteiger partial charge in [0.25, 0.3) is 0 Å². The lowest BCUT2D eigenvalue weighted by atomic mass is 9.47. The van der Waals surface area contributed by atoms with Crippen LogP contribution in [-0.4, -0.2) is 48.1 Å². The first kappa shape index (κ1) is 39.4. The lowest BCUT2D eigenvalue weighted by Crippen LogP contribution is -2.51. The van der Waals surface area contributed by atoms with Crippen molar-refractivity contribution in [3.63, 3.8) is 0 Å². The Bertz CT molecular complexity index is 1070. The quantitative estimate of drug-likeness (QED) is 0.119. The molecule has 0 bridgehead atoms. The van der Waals surface area contributed by atoms with Gasteiger partial charge in [-0.2, -0.15) is 0 Å². The molecule has 4 aliphatic rings. The van der Waals surface area contributed by atoms with Crippen LogP contribution in [-0.2, 0) is 14.3 Å². The number of nitrogens with two attached hydrogens (primary N) is 2. The van der Waals surface area contributed by atoms with Gasteiger partial charge in [0.1, 0.15) is 6.10 Å². The molecule has 0 spiro atoms. The minimum atomic E-state index is -0.151. The second kappa shape index (κ2) is 17.2. The van der Waals surface area contributed by atoms with Crippen LogP contribution in [0.4, 0.5) is 0 Å². The molecule has 1 amide bonds. The second-order valence-corrected chi connectivity index (χ2v) is 18.1. The van der Waals surface area contributed by atoms with E-state index in [1.165, 1.54) is 51.4 Å². The normalized spacial score (nSPS) is 33.9. The standard InChI is InChI=1S/C42H75N3O3/c1-9-32(28(2)3)14-13-29(4)36-17-18-37-35-16-15-33-27-34(19-23-41(33,7)38(35)20-24-42(36,37)8)48-40(47)12-10-11-39(46)45(25-21-30(5)43)26-22-31(6)44/h15,28-32,34-38H,9-14,16-27,43-44H2,1-8H3/t29?,30?,31?,32?,34-,35-,36+,37-,38-,41-,42+/m0/s1. The summed E-state index contributed by atoms with van der Waals surface area (Å²) in [5, 5.41) is 0. The molecule has 4 unspecified atom stereocenters. The van der Waals surface area contributed by atoms with E-state index in [4.69, 9.17) is 16.2 Å². The monoisotopic (exact) mass is 670 g/mol. The van der Waals surface area contributed by atoms with Crippen LogP contribution in [0.5, 0.6) is 0 Å². The van der Waals surface area contributed by atoms with E-state index in [-0.39, 0.29) is 35.5 Å². The van der Waals surface area contributed by atoms with E-state index in [9.17, 15) is 9.59 Å². The molecule has 0 aliphatic heterocycles. The zero-order chi connectivity index (χ0) is 35.2. The minimum absolute atomic E-state index is 0.0268. The summed E-state index contributed by atoms with van der Waals surface area (Å²) in [6.07, 6.45) is 19.2. The van der Waals surface area contributed by atoms with Gasteiger partial charge in [0.2, 0.25) is 5.91 Å². The molecule has 0 radical (unpaired) electrons. The molecule has 3 saturated carbocycles. The van der Waals surface area contributed by atoms with Gasteiger partial charge in [-0.15, -0.1) is 0 Å². The number of hydrogen-bond donors (Lipinski definition) is 2. The summed E-state index contributed by atoms with van der Waals surface area (Å²) < 4.78 is 6.07. The van der Waals surface area contributed by atoms with Gasteiger partial charge in [-0.3, -0.25) is 9.59 Å². The molecule has 0 aromatic carbocycles. The average molecular weight is 670 g/mol. The highest BCUT2D eigenvalue weighted by Gasteiger charge is 2.59. The highest BCUT2D eigenvalue weighted by molar-refractivity contribution is 5.77. The summed E-state index contributed by atoms with van der Waals surface area (Å²) in [6, 6.07) is 0.0989. The molecule has 0 saturated heterocycles. The second-order valence-electron chi connectivity index (χ2n) is 18.1. The van der Waals surface area contributed by atoms with Gasteiger partial charge < -0.3 is 21.1 Å². The van der Waals surface area contributed by atoms with Crippen molar-refractivity contribution in [3.8, 4) is 0 Å². The molecule has 4 aliphatic carbocycles. The number of carbonyl (C=O) groups is 2. The van der Waals surface area contributed by atoms with Crippen LogP contribution in [0.3, 0.4) is 0 Å². The predicted molar refractivity (Wildman–Crippen MR) is 199 cm³/mol. The Balaban J connectivity index is 1.28. The first-order chi connectivity index (χ1) is 22.7. The molecule has 0 aromatic rings. The highest BCUT2D eigenvalue weighted by Crippen LogP contribution is 2.67. The molecular formula is C42H75N3O3. The summed E-state index contributed by atoms with van der Waals surface area (Å²) in [5.74, 6) is 5.75. The fourth-order valence-electron chi connectivity index (χ4n) is 11.3. The number of rotatable bonds is 17. The first-order valence-electron chi connectivity index (χ1n) is 20.4. The van der Waals surface area contributed by atoms with Gasteiger partial charge in [0.15, 0.2) is 0 Å². The Kier molecular flexibility index (Phi) is 14.1. The third kappa shape index (κ3) is 9.28. The maximum atomic E-state index is 13.0. The van der Waals surface area contributed by atoms with Crippen molar-refractivity contribution >= 4 is 11.9 Å². The molecular weight excluding hydrogens is 594 g/mol. The summed E-state index contributed by atoms with van der Waals surface area (Å²) >= 11 is 0. The molecule has 0 aromatic heterocycles. The van der Waals surface area contributed by atoms with Crippen LogP contribution < -0.4 is 11.5 Å². The summed E-state index contributed by atoms with van der Waals surface area (Å²) in [5.41, 5.74) is 14.2. The number of allylic oxidation sites excluding steroid dienone is 1. The third-order valence-corrected chi connectivity index (χ3v) is 14.4. The van der Waals surface area contributed by atoms with E-state index in [1.54, 1.807) is 5.57 Å². The first-order valence-corrected chi connectivity index (χ1v) is 20.4. The Hall–Kier alpha value is -1.40. The highest BCUT2D eigenvalue weighted by atomic mass is 16.5. The van der Waals surface area contributed by atoms with E-state index in [0.717, 1.165) is 73.5 Å². The van der Waals surface area contributed by atoms with Crippen molar-refractivity contribution in [2.45, 2.75) is 176 Å². The Morgan fingerprint density at radius 2 is 1.58 bits per heavy atom. The molecule has 6 nitrogen and oxygen atoms in total. The van der Waals surface area contributed by atoms with E-state index >= 15 is 0 Å². The number of carbonyl (C=O) groups excluding carboxylic acids is 2. The minimum Gasteiger partial charge on any atom is -0.462 e. The van der Waals surface area contributed by atoms with Crippen molar-refractivity contribution in [1.29, 1.82) is 0 Å². The van der Waals surface area contributed by atoms with E-state index in [1.807, 2.05) is 18.7 Å². The zero-order valence-electron chi connectivity index (χ0n) is 32.4. The van der Waals surface area contributed by atoms with Crippen molar-refractivity contribution in [3.05, 3.63) is 11.6 Å².